The summed E-state index contributed by atoms with van der Waals surface area (Å²) in [5.74, 6) is 0. The van der Waals surface area contributed by atoms with Crippen LogP contribution in [-0.4, -0.2) is 0 Å². The molecule has 1 aliphatic rings. The fraction of sp³-hybridized carbons (Fsp3) is 0. The molecule has 1 heteroatoms. The summed E-state index contributed by atoms with van der Waals surface area (Å²) >= 11 is 0. The van der Waals surface area contributed by atoms with E-state index in [4.69, 9.17) is 0 Å². The molecule has 0 radical (unpaired) electrons. The number of rotatable bonds is 0. The van der Waals surface area contributed by atoms with E-state index in [0.29, 0.717) is 0 Å². The average molecular weight is 93.1 g/mol. The van der Waals surface area contributed by atoms with Gasteiger partial charge in [-0.3, -0.25) is 0 Å². The molecule has 7 heavy (non-hydrogen) atoms. The number of nitrogens with one attached hydrogen (secondary N) is 1. The minimum absolute atomic E-state index is 1.88. The lowest BCUT2D eigenvalue weighted by atomic mass is 10.5. The van der Waals surface area contributed by atoms with Crippen molar-refractivity contribution in [1.82, 2.24) is 5.32 Å². The summed E-state index contributed by atoms with van der Waals surface area (Å²) in [6.45, 7) is 0. The molecule has 1 rings (SSSR count). The standard InChI is InChI=1S/C6H7N/c1-2-4-6-7-5-3-1/h1-7H. The predicted molar refractivity (Wildman–Crippen MR) is 30.6 cm³/mol. The largest absolute Gasteiger partial charge is 0.368 e. The first kappa shape index (κ1) is 4.19. The molecule has 0 amide bonds. The van der Waals surface area contributed by atoms with Crippen LogP contribution in [0, 0.1) is 0 Å². The van der Waals surface area contributed by atoms with Gasteiger partial charge in [-0.25, -0.2) is 0 Å². The summed E-state index contributed by atoms with van der Waals surface area (Å²) in [6.07, 6.45) is 11.6. The molecule has 1 aliphatic heterocycles. The topological polar surface area (TPSA) is 12.0 Å². The molecule has 0 saturated carbocycles. The Labute approximate surface area is 43.0 Å². The Morgan fingerprint density at radius 3 is 1.86 bits per heavy atom. The van der Waals surface area contributed by atoms with Crippen molar-refractivity contribution < 1.29 is 0 Å². The van der Waals surface area contributed by atoms with E-state index >= 15 is 0 Å². The molecule has 0 fully saturated rings. The second kappa shape index (κ2) is 2.24. The van der Waals surface area contributed by atoms with Gasteiger partial charge in [0.05, 0.1) is 0 Å². The van der Waals surface area contributed by atoms with Crippen molar-refractivity contribution in [3.63, 3.8) is 0 Å². The lowest BCUT2D eigenvalue weighted by Gasteiger charge is -1.79. The molecule has 0 spiro atoms. The van der Waals surface area contributed by atoms with Gasteiger partial charge < -0.3 is 5.32 Å². The highest BCUT2D eigenvalue weighted by atomic mass is 14.8. The molecular formula is C6H7N. The first-order valence-corrected chi connectivity index (χ1v) is 2.24. The molecule has 0 aromatic rings. The van der Waals surface area contributed by atoms with Gasteiger partial charge in [-0.05, 0) is 12.2 Å². The van der Waals surface area contributed by atoms with Crippen molar-refractivity contribution >= 4 is 0 Å². The number of hydrogen-bond donors (Lipinski definition) is 1. The van der Waals surface area contributed by atoms with Crippen LogP contribution in [0.25, 0.3) is 0 Å². The lowest BCUT2D eigenvalue weighted by Crippen LogP contribution is -1.87. The highest BCUT2D eigenvalue weighted by molar-refractivity contribution is 5.14. The van der Waals surface area contributed by atoms with Crippen LogP contribution in [-0.2, 0) is 0 Å². The zero-order chi connectivity index (χ0) is 4.95. The molecule has 0 aliphatic carbocycles. The molecule has 1 nitrogen and oxygen atoms in total. The molecule has 0 saturated heterocycles. The van der Waals surface area contributed by atoms with Crippen LogP contribution >= 0.6 is 0 Å². The third-order valence-corrected chi connectivity index (χ3v) is 0.718. The van der Waals surface area contributed by atoms with Gasteiger partial charge in [-0.15, -0.1) is 0 Å². The average Bonchev–Trinajstić information content (AvgIpc) is 1.90. The van der Waals surface area contributed by atoms with Gasteiger partial charge >= 0.3 is 0 Å². The van der Waals surface area contributed by atoms with Gasteiger partial charge in [-0.1, -0.05) is 12.2 Å². The maximum atomic E-state index is 2.92. The third kappa shape index (κ3) is 1.26. The Bertz CT molecular complexity index is 106. The Kier molecular flexibility index (Phi) is 1.34. The van der Waals surface area contributed by atoms with Crippen molar-refractivity contribution in [2.24, 2.45) is 0 Å². The van der Waals surface area contributed by atoms with E-state index in [-0.39, 0.29) is 0 Å². The summed E-state index contributed by atoms with van der Waals surface area (Å²) in [7, 11) is 0. The summed E-state index contributed by atoms with van der Waals surface area (Å²) < 4.78 is 0. The van der Waals surface area contributed by atoms with Crippen molar-refractivity contribution in [3.8, 4) is 0 Å². The van der Waals surface area contributed by atoms with Crippen molar-refractivity contribution in [2.75, 3.05) is 0 Å². The maximum Gasteiger partial charge on any atom is 0.000442 e. The minimum Gasteiger partial charge on any atom is -0.368 e. The van der Waals surface area contributed by atoms with Crippen LogP contribution in [0.5, 0.6) is 0 Å². The van der Waals surface area contributed by atoms with Crippen molar-refractivity contribution in [2.45, 2.75) is 0 Å². The zero-order valence-corrected chi connectivity index (χ0v) is 3.96. The second-order valence-corrected chi connectivity index (χ2v) is 1.27. The molecule has 1 heterocycles. The minimum atomic E-state index is 1.88. The van der Waals surface area contributed by atoms with Gasteiger partial charge in [0.2, 0.25) is 0 Å². The maximum absolute atomic E-state index is 2.92. The fourth-order valence-electron chi connectivity index (χ4n) is 0.406. The highest BCUT2D eigenvalue weighted by Gasteiger charge is 1.67. The first-order valence-electron chi connectivity index (χ1n) is 2.24. The smallest absolute Gasteiger partial charge is 0.000442 e. The molecule has 1 N–H and O–H groups in total. The zero-order valence-electron chi connectivity index (χ0n) is 3.96. The summed E-state index contributed by atoms with van der Waals surface area (Å²) in [5, 5.41) is 2.92. The Morgan fingerprint density at radius 1 is 0.714 bits per heavy atom. The van der Waals surface area contributed by atoms with Crippen LogP contribution in [0.3, 0.4) is 0 Å². The predicted octanol–water partition coefficient (Wildman–Crippen LogP) is 1.17. The molecule has 0 atom stereocenters. The van der Waals surface area contributed by atoms with Crippen LogP contribution < -0.4 is 5.32 Å². The molecule has 0 aromatic carbocycles. The van der Waals surface area contributed by atoms with Gasteiger partial charge in [0.1, 0.15) is 0 Å². The number of hydrogen-bond acceptors (Lipinski definition) is 1. The van der Waals surface area contributed by atoms with Crippen LogP contribution in [0.1, 0.15) is 0 Å². The monoisotopic (exact) mass is 93.1 g/mol. The summed E-state index contributed by atoms with van der Waals surface area (Å²) in [6, 6.07) is 0. The van der Waals surface area contributed by atoms with Gasteiger partial charge in [0.15, 0.2) is 0 Å². The van der Waals surface area contributed by atoms with Crippen LogP contribution in [0.15, 0.2) is 36.7 Å². The van der Waals surface area contributed by atoms with E-state index in [1.165, 1.54) is 0 Å². The Hall–Kier alpha value is -0.980. The Morgan fingerprint density at radius 2 is 1.29 bits per heavy atom. The quantitative estimate of drug-likeness (QED) is 0.474. The van der Waals surface area contributed by atoms with Gasteiger partial charge in [-0.2, -0.15) is 0 Å². The van der Waals surface area contributed by atoms with Crippen LogP contribution in [0.4, 0.5) is 0 Å². The SMILES string of the molecule is C1=CC=CNC=C1. The molecule has 0 aromatic heterocycles. The molecule has 0 bridgehead atoms. The lowest BCUT2D eigenvalue weighted by molar-refractivity contribution is 1.20. The molecule has 0 unspecified atom stereocenters. The summed E-state index contributed by atoms with van der Waals surface area (Å²) in [5.41, 5.74) is 0. The molecular weight excluding hydrogens is 86.1 g/mol. The number of allylic oxidation sites excluding steroid dienone is 4. The fourth-order valence-corrected chi connectivity index (χ4v) is 0.406. The van der Waals surface area contributed by atoms with E-state index < -0.39 is 0 Å². The first-order chi connectivity index (χ1) is 3.50. The normalized spacial score (nSPS) is 16.0. The Balaban J connectivity index is 2.60. The van der Waals surface area contributed by atoms with E-state index in [1.807, 2.05) is 36.7 Å². The van der Waals surface area contributed by atoms with Crippen molar-refractivity contribution in [3.05, 3.63) is 36.7 Å². The second-order valence-electron chi connectivity index (χ2n) is 1.27. The van der Waals surface area contributed by atoms with E-state index in [1.54, 1.807) is 0 Å². The van der Waals surface area contributed by atoms with E-state index in [2.05, 4.69) is 5.32 Å². The van der Waals surface area contributed by atoms with E-state index in [0.717, 1.165) is 0 Å². The van der Waals surface area contributed by atoms with Crippen LogP contribution in [0.2, 0.25) is 0 Å². The highest BCUT2D eigenvalue weighted by Crippen LogP contribution is 1.81. The van der Waals surface area contributed by atoms with E-state index in [9.17, 15) is 0 Å². The third-order valence-electron chi connectivity index (χ3n) is 0.718. The van der Waals surface area contributed by atoms with Gasteiger partial charge in [0, 0.05) is 12.4 Å². The summed E-state index contributed by atoms with van der Waals surface area (Å²) in [4.78, 5) is 0. The van der Waals surface area contributed by atoms with Gasteiger partial charge in [0.25, 0.3) is 0 Å². The molecule has 36 valence electrons. The van der Waals surface area contributed by atoms with Crippen molar-refractivity contribution in [1.29, 1.82) is 0 Å².